The second-order valence-electron chi connectivity index (χ2n) is 6.42. The lowest BCUT2D eigenvalue weighted by Crippen LogP contribution is -2.33. The summed E-state index contributed by atoms with van der Waals surface area (Å²) >= 11 is 0. The average Bonchev–Trinajstić information content (AvgIpc) is 2.59. The number of anilines is 1. The van der Waals surface area contributed by atoms with Crippen LogP contribution in [0.15, 0.2) is 54.6 Å². The maximum Gasteiger partial charge on any atom is 0.416 e. The first kappa shape index (κ1) is 20.0. The molecular weight excluding hydrogens is 341 g/mol. The SMILES string of the molecule is CC(C)N(CCC(=O)Nc1ccc(C(F)(F)F)cc1)Cc1ccccc1. The van der Waals surface area contributed by atoms with E-state index in [-0.39, 0.29) is 18.4 Å². The lowest BCUT2D eigenvalue weighted by atomic mass is 10.1. The summed E-state index contributed by atoms with van der Waals surface area (Å²) in [5.74, 6) is -0.219. The van der Waals surface area contributed by atoms with Gasteiger partial charge in [-0.05, 0) is 43.7 Å². The number of hydrogen-bond donors (Lipinski definition) is 1. The second kappa shape index (κ2) is 8.85. The number of nitrogens with zero attached hydrogens (tertiary/aromatic N) is 1. The summed E-state index contributed by atoms with van der Waals surface area (Å²) in [7, 11) is 0. The molecule has 0 fully saturated rings. The summed E-state index contributed by atoms with van der Waals surface area (Å²) in [4.78, 5) is 14.3. The molecule has 6 heteroatoms. The van der Waals surface area contributed by atoms with E-state index in [1.54, 1.807) is 0 Å². The van der Waals surface area contributed by atoms with Gasteiger partial charge in [0.2, 0.25) is 5.91 Å². The largest absolute Gasteiger partial charge is 0.416 e. The van der Waals surface area contributed by atoms with Gasteiger partial charge < -0.3 is 5.32 Å². The minimum Gasteiger partial charge on any atom is -0.326 e. The molecule has 1 amide bonds. The highest BCUT2D eigenvalue weighted by atomic mass is 19.4. The molecule has 0 aromatic heterocycles. The fourth-order valence-electron chi connectivity index (χ4n) is 2.55. The number of hydrogen-bond acceptors (Lipinski definition) is 2. The Morgan fingerprint density at radius 2 is 1.65 bits per heavy atom. The lowest BCUT2D eigenvalue weighted by molar-refractivity contribution is -0.137. The van der Waals surface area contributed by atoms with Gasteiger partial charge in [0.25, 0.3) is 0 Å². The minimum absolute atomic E-state index is 0.219. The quantitative estimate of drug-likeness (QED) is 0.754. The van der Waals surface area contributed by atoms with Gasteiger partial charge in [-0.1, -0.05) is 30.3 Å². The Bertz CT molecular complexity index is 697. The van der Waals surface area contributed by atoms with Gasteiger partial charge in [0.15, 0.2) is 0 Å². The van der Waals surface area contributed by atoms with Gasteiger partial charge in [-0.3, -0.25) is 9.69 Å². The van der Waals surface area contributed by atoms with E-state index in [0.717, 1.165) is 18.7 Å². The molecule has 2 rings (SSSR count). The molecule has 26 heavy (non-hydrogen) atoms. The van der Waals surface area contributed by atoms with Gasteiger partial charge >= 0.3 is 6.18 Å². The standard InChI is InChI=1S/C20H23F3N2O/c1-15(2)25(14-16-6-4-3-5-7-16)13-12-19(26)24-18-10-8-17(9-11-18)20(21,22)23/h3-11,15H,12-14H2,1-2H3,(H,24,26). The van der Waals surface area contributed by atoms with Gasteiger partial charge in [0, 0.05) is 31.2 Å². The topological polar surface area (TPSA) is 32.3 Å². The van der Waals surface area contributed by atoms with Crippen LogP contribution in [-0.2, 0) is 17.5 Å². The number of halogens is 3. The van der Waals surface area contributed by atoms with Gasteiger partial charge in [0.05, 0.1) is 5.56 Å². The predicted octanol–water partition coefficient (Wildman–Crippen LogP) is 4.94. The van der Waals surface area contributed by atoms with E-state index < -0.39 is 11.7 Å². The molecule has 0 aliphatic heterocycles. The Hall–Kier alpha value is -2.34. The predicted molar refractivity (Wildman–Crippen MR) is 96.7 cm³/mol. The monoisotopic (exact) mass is 364 g/mol. The third-order valence-electron chi connectivity index (χ3n) is 4.08. The van der Waals surface area contributed by atoms with Crippen LogP contribution in [0, 0.1) is 0 Å². The van der Waals surface area contributed by atoms with E-state index in [4.69, 9.17) is 0 Å². The van der Waals surface area contributed by atoms with Crippen LogP contribution in [-0.4, -0.2) is 23.4 Å². The van der Waals surface area contributed by atoms with E-state index >= 15 is 0 Å². The number of nitrogens with one attached hydrogen (secondary N) is 1. The second-order valence-corrected chi connectivity index (χ2v) is 6.42. The molecule has 3 nitrogen and oxygen atoms in total. The fourth-order valence-corrected chi connectivity index (χ4v) is 2.55. The summed E-state index contributed by atoms with van der Waals surface area (Å²) in [6, 6.07) is 14.7. The van der Waals surface area contributed by atoms with Crippen LogP contribution in [0.1, 0.15) is 31.4 Å². The highest BCUT2D eigenvalue weighted by molar-refractivity contribution is 5.90. The Labute approximate surface area is 151 Å². The molecule has 0 saturated heterocycles. The van der Waals surface area contributed by atoms with Gasteiger partial charge in [-0.15, -0.1) is 0 Å². The summed E-state index contributed by atoms with van der Waals surface area (Å²) in [6.45, 7) is 5.44. The molecule has 0 saturated carbocycles. The van der Waals surface area contributed by atoms with Crippen molar-refractivity contribution in [3.63, 3.8) is 0 Å². The smallest absolute Gasteiger partial charge is 0.326 e. The van der Waals surface area contributed by atoms with Gasteiger partial charge in [-0.2, -0.15) is 13.2 Å². The number of alkyl halides is 3. The number of carbonyl (C=O) groups is 1. The van der Waals surface area contributed by atoms with Crippen LogP contribution < -0.4 is 5.32 Å². The molecule has 0 radical (unpaired) electrons. The van der Waals surface area contributed by atoms with E-state index in [1.165, 1.54) is 17.7 Å². The molecule has 1 N–H and O–H groups in total. The van der Waals surface area contributed by atoms with Gasteiger partial charge in [-0.25, -0.2) is 0 Å². The van der Waals surface area contributed by atoms with Crippen molar-refractivity contribution in [2.45, 2.75) is 39.0 Å². The molecule has 140 valence electrons. The fraction of sp³-hybridized carbons (Fsp3) is 0.350. The molecule has 2 aromatic rings. The zero-order chi connectivity index (χ0) is 19.2. The van der Waals surface area contributed by atoms with Gasteiger partial charge in [0.1, 0.15) is 0 Å². The van der Waals surface area contributed by atoms with Crippen molar-refractivity contribution in [2.24, 2.45) is 0 Å². The first-order chi connectivity index (χ1) is 12.3. The summed E-state index contributed by atoms with van der Waals surface area (Å²) < 4.78 is 37.7. The maximum absolute atomic E-state index is 12.6. The average molecular weight is 364 g/mol. The van der Waals surface area contributed by atoms with E-state index in [1.807, 2.05) is 30.3 Å². The summed E-state index contributed by atoms with van der Waals surface area (Å²) in [6.07, 6.45) is -4.11. The number of carbonyl (C=O) groups excluding carboxylic acids is 1. The van der Waals surface area contributed by atoms with Crippen LogP contribution in [0.2, 0.25) is 0 Å². The van der Waals surface area contributed by atoms with Crippen LogP contribution in [0.5, 0.6) is 0 Å². The molecule has 0 spiro atoms. The van der Waals surface area contributed by atoms with Crippen LogP contribution in [0.3, 0.4) is 0 Å². The molecular formula is C20H23F3N2O. The molecule has 2 aromatic carbocycles. The molecule has 0 unspecified atom stereocenters. The van der Waals surface area contributed by atoms with E-state index in [0.29, 0.717) is 12.2 Å². The minimum atomic E-state index is -4.38. The highest BCUT2D eigenvalue weighted by Gasteiger charge is 2.29. The molecule has 0 aliphatic carbocycles. The highest BCUT2D eigenvalue weighted by Crippen LogP contribution is 2.29. The molecule has 0 aliphatic rings. The third-order valence-corrected chi connectivity index (χ3v) is 4.08. The van der Waals surface area contributed by atoms with Crippen molar-refractivity contribution in [3.05, 3.63) is 65.7 Å². The van der Waals surface area contributed by atoms with Crippen molar-refractivity contribution < 1.29 is 18.0 Å². The summed E-state index contributed by atoms with van der Waals surface area (Å²) in [5, 5.41) is 2.65. The Morgan fingerprint density at radius 3 is 2.19 bits per heavy atom. The van der Waals surface area contributed by atoms with Crippen molar-refractivity contribution in [3.8, 4) is 0 Å². The Balaban J connectivity index is 1.88. The number of benzene rings is 2. The third kappa shape index (κ3) is 6.19. The van der Waals surface area contributed by atoms with Crippen LogP contribution >= 0.6 is 0 Å². The zero-order valence-corrected chi connectivity index (χ0v) is 14.9. The maximum atomic E-state index is 12.6. The van der Waals surface area contributed by atoms with Crippen molar-refractivity contribution in [1.29, 1.82) is 0 Å². The molecule has 0 atom stereocenters. The first-order valence-electron chi connectivity index (χ1n) is 8.51. The summed E-state index contributed by atoms with van der Waals surface area (Å²) in [5.41, 5.74) is 0.802. The van der Waals surface area contributed by atoms with Crippen molar-refractivity contribution >= 4 is 11.6 Å². The molecule has 0 heterocycles. The van der Waals surface area contributed by atoms with E-state index in [2.05, 4.69) is 24.1 Å². The number of rotatable bonds is 7. The molecule has 0 bridgehead atoms. The first-order valence-corrected chi connectivity index (χ1v) is 8.51. The van der Waals surface area contributed by atoms with Crippen molar-refractivity contribution in [2.75, 3.05) is 11.9 Å². The number of amides is 1. The lowest BCUT2D eigenvalue weighted by Gasteiger charge is -2.26. The normalized spacial score (nSPS) is 11.8. The Morgan fingerprint density at radius 1 is 1.04 bits per heavy atom. The van der Waals surface area contributed by atoms with Crippen LogP contribution in [0.4, 0.5) is 18.9 Å². The van der Waals surface area contributed by atoms with E-state index in [9.17, 15) is 18.0 Å². The van der Waals surface area contributed by atoms with Crippen LogP contribution in [0.25, 0.3) is 0 Å². The van der Waals surface area contributed by atoms with Crippen molar-refractivity contribution in [1.82, 2.24) is 4.90 Å². The zero-order valence-electron chi connectivity index (χ0n) is 14.9. The Kier molecular flexibility index (Phi) is 6.80.